The van der Waals surface area contributed by atoms with Crippen molar-refractivity contribution < 1.29 is 12.8 Å². The normalized spacial score (nSPS) is 20.5. The van der Waals surface area contributed by atoms with Crippen LogP contribution in [-0.4, -0.2) is 40.2 Å². The topological polar surface area (TPSA) is 46.6 Å². The van der Waals surface area contributed by atoms with Crippen LogP contribution in [0.2, 0.25) is 18.1 Å². The van der Waals surface area contributed by atoms with Crippen LogP contribution in [-0.2, 0) is 14.4 Å². The van der Waals surface area contributed by atoms with Gasteiger partial charge in [0, 0.05) is 17.1 Å². The molecule has 1 atom stereocenters. The van der Waals surface area contributed by atoms with Crippen molar-refractivity contribution in [3.05, 3.63) is 28.7 Å². The molecule has 1 heterocycles. The van der Waals surface area contributed by atoms with Gasteiger partial charge in [0.1, 0.15) is 0 Å². The van der Waals surface area contributed by atoms with Crippen molar-refractivity contribution in [3.63, 3.8) is 0 Å². The number of hydrogen-bond donors (Lipinski definition) is 0. The van der Waals surface area contributed by atoms with Crippen molar-refractivity contribution in [2.45, 2.75) is 62.7 Å². The Morgan fingerprint density at radius 2 is 1.83 bits per heavy atom. The lowest BCUT2D eigenvalue weighted by Gasteiger charge is -2.37. The van der Waals surface area contributed by atoms with E-state index in [1.165, 1.54) is 0 Å². The monoisotopic (exact) mass is 433 g/mol. The van der Waals surface area contributed by atoms with Crippen LogP contribution in [0, 0.1) is 0 Å². The Morgan fingerprint density at radius 1 is 1.25 bits per heavy atom. The Morgan fingerprint density at radius 3 is 2.38 bits per heavy atom. The first-order chi connectivity index (χ1) is 10.9. The van der Waals surface area contributed by atoms with Crippen molar-refractivity contribution >= 4 is 34.3 Å². The molecule has 1 saturated heterocycles. The van der Waals surface area contributed by atoms with E-state index in [1.807, 2.05) is 0 Å². The minimum Gasteiger partial charge on any atom is -0.415 e. The van der Waals surface area contributed by atoms with E-state index in [4.69, 9.17) is 4.43 Å². The van der Waals surface area contributed by atoms with Crippen molar-refractivity contribution in [1.29, 1.82) is 0 Å². The number of rotatable bonds is 5. The minimum atomic E-state index is -3.46. The van der Waals surface area contributed by atoms with Crippen LogP contribution in [0.1, 0.15) is 33.6 Å². The number of hydrogen-bond acceptors (Lipinski definition) is 3. The lowest BCUT2D eigenvalue weighted by atomic mass is 10.2. The van der Waals surface area contributed by atoms with Gasteiger partial charge in [0.05, 0.1) is 11.5 Å². The predicted octanol–water partition coefficient (Wildman–Crippen LogP) is 4.62. The largest absolute Gasteiger partial charge is 0.415 e. The molecule has 136 valence electrons. The molecule has 4 nitrogen and oxygen atoms in total. The molecule has 0 saturated carbocycles. The van der Waals surface area contributed by atoms with Gasteiger partial charge in [0.25, 0.3) is 0 Å². The maximum Gasteiger partial charge on any atom is 0.243 e. The van der Waals surface area contributed by atoms with Gasteiger partial charge in [-0.15, -0.1) is 0 Å². The standard InChI is InChI=1S/C17H28BrNO3SSi/c1-17(2,3)24(4,5)22-13-15-7-6-12-19(15)23(20,21)16-10-8-14(18)9-11-16/h8-11,15H,6-7,12-13H2,1-5H3/t15-/m1/s1. The molecule has 24 heavy (non-hydrogen) atoms. The highest BCUT2D eigenvalue weighted by atomic mass is 79.9. The molecular formula is C17H28BrNO3SSi. The summed E-state index contributed by atoms with van der Waals surface area (Å²) < 4.78 is 34.7. The molecule has 0 radical (unpaired) electrons. The van der Waals surface area contributed by atoms with E-state index < -0.39 is 18.3 Å². The van der Waals surface area contributed by atoms with Crippen LogP contribution < -0.4 is 0 Å². The maximum atomic E-state index is 12.9. The molecule has 0 N–H and O–H groups in total. The van der Waals surface area contributed by atoms with Gasteiger partial charge in [0.2, 0.25) is 10.0 Å². The van der Waals surface area contributed by atoms with E-state index in [0.717, 1.165) is 17.3 Å². The first-order valence-electron chi connectivity index (χ1n) is 8.36. The third-order valence-corrected chi connectivity index (χ3v) is 12.2. The lowest BCUT2D eigenvalue weighted by molar-refractivity contribution is 0.215. The van der Waals surface area contributed by atoms with E-state index in [0.29, 0.717) is 18.0 Å². The van der Waals surface area contributed by atoms with E-state index in [-0.39, 0.29) is 11.1 Å². The Balaban J connectivity index is 2.14. The van der Waals surface area contributed by atoms with Gasteiger partial charge >= 0.3 is 0 Å². The summed E-state index contributed by atoms with van der Waals surface area (Å²) >= 11 is 3.35. The summed E-state index contributed by atoms with van der Waals surface area (Å²) in [5.41, 5.74) is 0. The zero-order valence-corrected chi connectivity index (χ0v) is 18.6. The van der Waals surface area contributed by atoms with E-state index in [9.17, 15) is 8.42 Å². The second kappa shape index (κ2) is 7.19. The van der Waals surface area contributed by atoms with Gasteiger partial charge in [-0.05, 0) is 55.2 Å². The van der Waals surface area contributed by atoms with Crippen LogP contribution in [0.4, 0.5) is 0 Å². The van der Waals surface area contributed by atoms with Crippen LogP contribution in [0.25, 0.3) is 0 Å². The Kier molecular flexibility index (Phi) is 6.02. The molecule has 7 heteroatoms. The van der Waals surface area contributed by atoms with Gasteiger partial charge in [-0.25, -0.2) is 8.42 Å². The molecule has 1 aromatic rings. The molecule has 1 aliphatic heterocycles. The quantitative estimate of drug-likeness (QED) is 0.635. The van der Waals surface area contributed by atoms with Crippen molar-refractivity contribution in [2.24, 2.45) is 0 Å². The lowest BCUT2D eigenvalue weighted by Crippen LogP contribution is -2.45. The van der Waals surface area contributed by atoms with Gasteiger partial charge in [0.15, 0.2) is 8.32 Å². The zero-order chi connectivity index (χ0) is 18.2. The van der Waals surface area contributed by atoms with Crippen LogP contribution >= 0.6 is 15.9 Å². The SMILES string of the molecule is CC(C)(C)[Si](C)(C)OC[C@H]1CCCN1S(=O)(=O)c1ccc(Br)cc1. The minimum absolute atomic E-state index is 0.0622. The highest BCUT2D eigenvalue weighted by Gasteiger charge is 2.40. The predicted molar refractivity (Wildman–Crippen MR) is 104 cm³/mol. The fourth-order valence-electron chi connectivity index (χ4n) is 2.56. The second-order valence-corrected chi connectivity index (χ2v) is 15.6. The molecule has 2 rings (SSSR count). The van der Waals surface area contributed by atoms with Crippen molar-refractivity contribution in [2.75, 3.05) is 13.2 Å². The molecule has 0 spiro atoms. The number of nitrogens with zero attached hydrogens (tertiary/aromatic N) is 1. The molecule has 0 unspecified atom stereocenters. The number of sulfonamides is 1. The summed E-state index contributed by atoms with van der Waals surface area (Å²) in [5, 5.41) is 0.126. The van der Waals surface area contributed by atoms with E-state index in [1.54, 1.807) is 28.6 Å². The maximum absolute atomic E-state index is 12.9. The molecule has 1 aliphatic rings. The second-order valence-electron chi connectivity index (χ2n) is 7.94. The van der Waals surface area contributed by atoms with Gasteiger partial charge in [-0.1, -0.05) is 36.7 Å². The van der Waals surface area contributed by atoms with Crippen LogP contribution in [0.5, 0.6) is 0 Å². The summed E-state index contributed by atoms with van der Waals surface area (Å²) in [6.07, 6.45) is 1.76. The van der Waals surface area contributed by atoms with Gasteiger partial charge < -0.3 is 4.43 Å². The van der Waals surface area contributed by atoms with Crippen LogP contribution in [0.15, 0.2) is 33.6 Å². The molecular weight excluding hydrogens is 406 g/mol. The van der Waals surface area contributed by atoms with E-state index >= 15 is 0 Å². The Labute approximate surface area is 155 Å². The molecule has 0 aromatic heterocycles. The first kappa shape index (κ1) is 20.1. The third kappa shape index (κ3) is 4.30. The van der Waals surface area contributed by atoms with Crippen molar-refractivity contribution in [1.82, 2.24) is 4.31 Å². The fourth-order valence-corrected chi connectivity index (χ4v) is 5.54. The smallest absolute Gasteiger partial charge is 0.243 e. The number of benzene rings is 1. The van der Waals surface area contributed by atoms with Crippen LogP contribution in [0.3, 0.4) is 0 Å². The number of halogens is 1. The Bertz CT molecular complexity index is 668. The van der Waals surface area contributed by atoms with Gasteiger partial charge in [-0.2, -0.15) is 4.31 Å². The third-order valence-electron chi connectivity index (χ3n) is 5.19. The molecule has 0 amide bonds. The molecule has 0 aliphatic carbocycles. The molecule has 1 fully saturated rings. The highest BCUT2D eigenvalue weighted by Crippen LogP contribution is 2.37. The highest BCUT2D eigenvalue weighted by molar-refractivity contribution is 9.10. The average molecular weight is 434 g/mol. The average Bonchev–Trinajstić information content (AvgIpc) is 2.93. The van der Waals surface area contributed by atoms with E-state index in [2.05, 4.69) is 49.8 Å². The Hall–Kier alpha value is -0.213. The molecule has 0 bridgehead atoms. The summed E-state index contributed by atoms with van der Waals surface area (Å²) in [6, 6.07) is 6.79. The van der Waals surface area contributed by atoms with Crippen molar-refractivity contribution in [3.8, 4) is 0 Å². The summed E-state index contributed by atoms with van der Waals surface area (Å²) in [7, 11) is -5.34. The molecule has 1 aromatic carbocycles. The summed E-state index contributed by atoms with van der Waals surface area (Å²) in [5.74, 6) is 0. The first-order valence-corrected chi connectivity index (χ1v) is 13.5. The summed E-state index contributed by atoms with van der Waals surface area (Å²) in [4.78, 5) is 0.352. The summed E-state index contributed by atoms with van der Waals surface area (Å²) in [6.45, 7) is 12.1. The zero-order valence-electron chi connectivity index (χ0n) is 15.2. The van der Waals surface area contributed by atoms with Gasteiger partial charge in [-0.3, -0.25) is 0 Å². The fraction of sp³-hybridized carbons (Fsp3) is 0.647.